The van der Waals surface area contributed by atoms with Gasteiger partial charge < -0.3 is 24.9 Å². The van der Waals surface area contributed by atoms with E-state index in [2.05, 4.69) is 11.6 Å². The molecule has 262 valence electrons. The van der Waals surface area contributed by atoms with Gasteiger partial charge in [0.15, 0.2) is 5.82 Å². The fourth-order valence-corrected chi connectivity index (χ4v) is 7.15. The molecule has 2 aliphatic heterocycles. The second-order valence-corrected chi connectivity index (χ2v) is 13.3. The number of amides is 2. The van der Waals surface area contributed by atoms with Crippen molar-refractivity contribution in [1.29, 1.82) is 0 Å². The van der Waals surface area contributed by atoms with Crippen LogP contribution in [-0.4, -0.2) is 74.3 Å². The number of carbonyl (C=O) groups excluding carboxylic acids is 2. The molecule has 0 radical (unpaired) electrons. The summed E-state index contributed by atoms with van der Waals surface area (Å²) in [6.45, 7) is 12.0. The number of hydrogen-bond donors (Lipinski definition) is 2. The predicted octanol–water partition coefficient (Wildman–Crippen LogP) is 5.32. The fraction of sp³-hybridized carbons (Fsp3) is 0.351. The lowest BCUT2D eigenvalue weighted by Gasteiger charge is -2.50. The summed E-state index contributed by atoms with van der Waals surface area (Å²) in [5.74, 6) is -5.54. The molecule has 2 aromatic heterocycles. The summed E-state index contributed by atoms with van der Waals surface area (Å²) >= 11 is 0. The van der Waals surface area contributed by atoms with Gasteiger partial charge in [0, 0.05) is 30.7 Å². The van der Waals surface area contributed by atoms with E-state index in [9.17, 15) is 19.8 Å². The van der Waals surface area contributed by atoms with Crippen LogP contribution in [0.2, 0.25) is 0 Å². The lowest BCUT2D eigenvalue weighted by molar-refractivity contribution is -0.130. The molecule has 6 rings (SSSR count). The first-order valence-corrected chi connectivity index (χ1v) is 16.4. The average Bonchev–Trinajstić information content (AvgIpc) is 3.05. The summed E-state index contributed by atoms with van der Waals surface area (Å²) in [6.07, 6.45) is 1.89. The standard InChI is InChI=1S/C37H38F3N5O5/c1-7-27(48)43-17-25-36(49)42(14-12-21(6)46)35-34(44(25)16-20(43)5)22-15-24(39)29(28-23(38)9-8-10-26(28)47)30(40)33(22)45(37(35)50)32-19(4)11-13-41-31(32)18(2)3/h7-11,13,15,18,20-21,25,46-47H,1,12,14,16-17H2,2-6H3. The van der Waals surface area contributed by atoms with Gasteiger partial charge in [-0.3, -0.25) is 23.9 Å². The molecule has 2 amide bonds. The fourth-order valence-electron chi connectivity index (χ4n) is 7.15. The lowest BCUT2D eigenvalue weighted by atomic mass is 9.94. The van der Waals surface area contributed by atoms with Crippen LogP contribution in [0.3, 0.4) is 0 Å². The molecular weight excluding hydrogens is 651 g/mol. The van der Waals surface area contributed by atoms with Crippen LogP contribution < -0.4 is 15.4 Å². The SMILES string of the molecule is C=CC(=O)N1CC2C(=O)N(CCC(C)O)c3c(c4cc(F)c(-c5c(O)cccc5F)c(F)c4n(-c4c(C)ccnc4C(C)C)c3=O)N2CC1C. The van der Waals surface area contributed by atoms with Gasteiger partial charge in [-0.2, -0.15) is 0 Å². The highest BCUT2D eigenvalue weighted by Gasteiger charge is 2.47. The number of aryl methyl sites for hydroxylation is 1. The zero-order valence-electron chi connectivity index (χ0n) is 28.4. The van der Waals surface area contributed by atoms with E-state index < -0.39 is 75.4 Å². The van der Waals surface area contributed by atoms with Gasteiger partial charge >= 0.3 is 0 Å². The number of piperazine rings is 1. The molecule has 3 unspecified atom stereocenters. The molecule has 10 nitrogen and oxygen atoms in total. The summed E-state index contributed by atoms with van der Waals surface area (Å²) in [4.78, 5) is 51.2. The van der Waals surface area contributed by atoms with Crippen molar-refractivity contribution in [2.24, 2.45) is 0 Å². The Kier molecular flexibility index (Phi) is 8.98. The van der Waals surface area contributed by atoms with E-state index in [1.54, 1.807) is 31.0 Å². The molecule has 0 spiro atoms. The molecule has 2 aromatic carbocycles. The molecule has 4 heterocycles. The summed E-state index contributed by atoms with van der Waals surface area (Å²) in [7, 11) is 0. The highest BCUT2D eigenvalue weighted by Crippen LogP contribution is 2.46. The molecule has 50 heavy (non-hydrogen) atoms. The number of fused-ring (bicyclic) bond motifs is 5. The maximum Gasteiger partial charge on any atom is 0.281 e. The molecular formula is C37H38F3N5O5. The number of aliphatic hydroxyl groups excluding tert-OH is 1. The van der Waals surface area contributed by atoms with Gasteiger partial charge in [-0.25, -0.2) is 13.2 Å². The van der Waals surface area contributed by atoms with Crippen molar-refractivity contribution < 1.29 is 33.0 Å². The van der Waals surface area contributed by atoms with Crippen molar-refractivity contribution in [3.05, 3.63) is 88.2 Å². The van der Waals surface area contributed by atoms with E-state index >= 15 is 18.0 Å². The second-order valence-electron chi connectivity index (χ2n) is 13.3. The number of phenolic OH excluding ortho intramolecular Hbond substituents is 1. The van der Waals surface area contributed by atoms with Gasteiger partial charge in [0.1, 0.15) is 29.1 Å². The average molecular weight is 690 g/mol. The Morgan fingerprint density at radius 1 is 1.06 bits per heavy atom. The van der Waals surface area contributed by atoms with Crippen LogP contribution in [-0.2, 0) is 9.59 Å². The molecule has 2 N–H and O–H groups in total. The van der Waals surface area contributed by atoms with Gasteiger partial charge in [0.2, 0.25) is 5.91 Å². The molecule has 0 aliphatic carbocycles. The third kappa shape index (κ3) is 5.40. The quantitative estimate of drug-likeness (QED) is 0.253. The molecule has 1 fully saturated rings. The summed E-state index contributed by atoms with van der Waals surface area (Å²) < 4.78 is 50.2. The molecule has 1 saturated heterocycles. The number of aromatic hydroxyl groups is 1. The smallest absolute Gasteiger partial charge is 0.281 e. The van der Waals surface area contributed by atoms with E-state index in [1.807, 2.05) is 13.8 Å². The number of carbonyl (C=O) groups is 2. The van der Waals surface area contributed by atoms with E-state index in [4.69, 9.17) is 0 Å². The van der Waals surface area contributed by atoms with E-state index in [1.165, 1.54) is 22.8 Å². The van der Waals surface area contributed by atoms with Crippen LogP contribution in [0.25, 0.3) is 27.7 Å². The number of rotatable bonds is 7. The number of aromatic nitrogens is 2. The maximum atomic E-state index is 17.4. The second kappa shape index (κ2) is 12.9. The summed E-state index contributed by atoms with van der Waals surface area (Å²) in [6, 6.07) is 4.32. The minimum atomic E-state index is -1.31. The predicted molar refractivity (Wildman–Crippen MR) is 184 cm³/mol. The molecule has 0 bridgehead atoms. The first kappa shape index (κ1) is 34.7. The Balaban J connectivity index is 1.81. The monoisotopic (exact) mass is 689 g/mol. The lowest BCUT2D eigenvalue weighted by Crippen LogP contribution is -2.66. The number of halogens is 3. The molecule has 2 aliphatic rings. The van der Waals surface area contributed by atoms with E-state index in [-0.39, 0.29) is 54.4 Å². The van der Waals surface area contributed by atoms with Gasteiger partial charge in [-0.05, 0) is 69.0 Å². The third-order valence-corrected chi connectivity index (χ3v) is 9.54. The number of hydrogen-bond acceptors (Lipinski definition) is 7. The number of phenols is 1. The van der Waals surface area contributed by atoms with E-state index in [0.29, 0.717) is 11.3 Å². The molecule has 13 heteroatoms. The van der Waals surface area contributed by atoms with Gasteiger partial charge in [0.25, 0.3) is 11.5 Å². The Hall–Kier alpha value is -5.17. The summed E-state index contributed by atoms with van der Waals surface area (Å²) in [5.41, 5.74) is -1.80. The number of anilines is 2. The van der Waals surface area contributed by atoms with Gasteiger partial charge in [-0.15, -0.1) is 0 Å². The topological polar surface area (TPSA) is 119 Å². The van der Waals surface area contributed by atoms with Crippen molar-refractivity contribution in [2.75, 3.05) is 29.4 Å². The normalized spacial score (nSPS) is 18.0. The van der Waals surface area contributed by atoms with Crippen LogP contribution in [0.15, 0.2) is 54.0 Å². The highest BCUT2D eigenvalue weighted by atomic mass is 19.1. The van der Waals surface area contributed by atoms with Crippen LogP contribution in [0.1, 0.15) is 51.3 Å². The zero-order chi connectivity index (χ0) is 36.3. The minimum Gasteiger partial charge on any atom is -0.507 e. The zero-order valence-corrected chi connectivity index (χ0v) is 28.4. The first-order chi connectivity index (χ1) is 23.7. The van der Waals surface area contributed by atoms with Crippen LogP contribution >= 0.6 is 0 Å². The molecule has 4 aromatic rings. The van der Waals surface area contributed by atoms with Crippen molar-refractivity contribution in [3.8, 4) is 22.6 Å². The number of nitrogens with zero attached hydrogens (tertiary/aromatic N) is 5. The minimum absolute atomic E-state index is 0.0219. The largest absolute Gasteiger partial charge is 0.507 e. The third-order valence-electron chi connectivity index (χ3n) is 9.54. The molecule has 0 saturated carbocycles. The molecule has 3 atom stereocenters. The first-order valence-electron chi connectivity index (χ1n) is 16.4. The summed E-state index contributed by atoms with van der Waals surface area (Å²) in [5, 5.41) is 20.8. The Morgan fingerprint density at radius 3 is 2.42 bits per heavy atom. The van der Waals surface area contributed by atoms with Crippen molar-refractivity contribution in [3.63, 3.8) is 0 Å². The van der Waals surface area contributed by atoms with E-state index in [0.717, 1.165) is 28.8 Å². The van der Waals surface area contributed by atoms with Gasteiger partial charge in [0.05, 0.1) is 46.4 Å². The van der Waals surface area contributed by atoms with Crippen molar-refractivity contribution in [1.82, 2.24) is 14.5 Å². The number of pyridine rings is 2. The highest BCUT2D eigenvalue weighted by molar-refractivity contribution is 6.13. The Bertz CT molecular complexity index is 2110. The number of benzene rings is 2. The van der Waals surface area contributed by atoms with Crippen molar-refractivity contribution in [2.45, 2.75) is 65.1 Å². The Morgan fingerprint density at radius 2 is 1.78 bits per heavy atom. The van der Waals surface area contributed by atoms with Crippen LogP contribution in [0, 0.1) is 24.4 Å². The Labute approximate surface area is 286 Å². The van der Waals surface area contributed by atoms with Crippen LogP contribution in [0.4, 0.5) is 24.5 Å². The van der Waals surface area contributed by atoms with Gasteiger partial charge in [-0.1, -0.05) is 26.5 Å². The number of aliphatic hydroxyl groups is 1. The van der Waals surface area contributed by atoms with Crippen molar-refractivity contribution >= 4 is 34.1 Å². The van der Waals surface area contributed by atoms with Crippen LogP contribution in [0.5, 0.6) is 5.75 Å². The maximum absolute atomic E-state index is 17.4.